The molecule has 0 radical (unpaired) electrons. The summed E-state index contributed by atoms with van der Waals surface area (Å²) in [6.07, 6.45) is 0. The molecule has 0 spiro atoms. The maximum absolute atomic E-state index is 12.9. The number of anilines is 2. The van der Waals surface area contributed by atoms with Crippen molar-refractivity contribution in [2.75, 3.05) is 11.1 Å². The normalized spacial score (nSPS) is 17.4. The molecule has 156 valence electrons. The highest BCUT2D eigenvalue weighted by Gasteiger charge is 2.41. The average Bonchev–Trinajstić information content (AvgIpc) is 2.75. The molecule has 2 unspecified atom stereocenters. The van der Waals surface area contributed by atoms with Gasteiger partial charge in [-0.05, 0) is 17.7 Å². The Labute approximate surface area is 174 Å². The van der Waals surface area contributed by atoms with Crippen molar-refractivity contribution in [3.8, 4) is 0 Å². The Kier molecular flexibility index (Phi) is 4.91. The number of aromatic nitrogens is 2. The second-order valence-corrected chi connectivity index (χ2v) is 6.85. The summed E-state index contributed by atoms with van der Waals surface area (Å²) in [6.45, 7) is 0. The Hall–Kier alpha value is -4.54. The van der Waals surface area contributed by atoms with Crippen molar-refractivity contribution in [1.29, 1.82) is 0 Å². The lowest BCUT2D eigenvalue weighted by Gasteiger charge is -2.32. The van der Waals surface area contributed by atoms with E-state index in [2.05, 4.69) is 20.6 Å². The fourth-order valence-electron chi connectivity index (χ4n) is 3.52. The highest BCUT2D eigenvalue weighted by Crippen LogP contribution is 2.35. The summed E-state index contributed by atoms with van der Waals surface area (Å²) in [5.41, 5.74) is 5.67. The number of rotatable bonds is 4. The van der Waals surface area contributed by atoms with Crippen LogP contribution in [-0.4, -0.2) is 32.7 Å². The third-order valence-corrected chi connectivity index (χ3v) is 4.93. The van der Waals surface area contributed by atoms with Crippen LogP contribution in [0.2, 0.25) is 0 Å². The van der Waals surface area contributed by atoms with Crippen molar-refractivity contribution in [3.05, 3.63) is 91.8 Å². The van der Waals surface area contributed by atoms with Gasteiger partial charge in [0.05, 0.1) is 10.5 Å². The number of amides is 2. The van der Waals surface area contributed by atoms with Gasteiger partial charge in [-0.2, -0.15) is 4.98 Å². The number of carbonyl (C=O) groups excluding carboxylic acids is 2. The molecule has 0 aliphatic carbocycles. The van der Waals surface area contributed by atoms with Gasteiger partial charge in [-0.3, -0.25) is 29.5 Å². The highest BCUT2D eigenvalue weighted by atomic mass is 16.6. The van der Waals surface area contributed by atoms with Crippen molar-refractivity contribution in [1.82, 2.24) is 15.3 Å². The number of fused-ring (bicyclic) bond motifs is 1. The summed E-state index contributed by atoms with van der Waals surface area (Å²) in [5, 5.41) is 16.2. The Morgan fingerprint density at radius 2 is 1.77 bits per heavy atom. The van der Waals surface area contributed by atoms with Crippen LogP contribution in [0.5, 0.6) is 0 Å². The number of non-ortho nitro benzene ring substituents is 1. The number of hydrogen-bond acceptors (Lipinski definition) is 7. The molecule has 31 heavy (non-hydrogen) atoms. The van der Waals surface area contributed by atoms with Crippen molar-refractivity contribution >= 4 is 29.3 Å². The van der Waals surface area contributed by atoms with Gasteiger partial charge >= 0.3 is 0 Å². The highest BCUT2D eigenvalue weighted by molar-refractivity contribution is 6.03. The van der Waals surface area contributed by atoms with Gasteiger partial charge < -0.3 is 16.4 Å². The topological polar surface area (TPSA) is 173 Å². The van der Waals surface area contributed by atoms with E-state index in [1.807, 2.05) is 0 Å². The average molecular weight is 420 g/mol. The maximum atomic E-state index is 12.9. The minimum absolute atomic E-state index is 0.0280. The zero-order valence-corrected chi connectivity index (χ0v) is 15.9. The number of nitrogens with one attached hydrogen (secondary N) is 3. The summed E-state index contributed by atoms with van der Waals surface area (Å²) in [5.74, 6) is -2.28. The third-order valence-electron chi connectivity index (χ3n) is 4.93. The maximum Gasteiger partial charge on any atom is 0.269 e. The van der Waals surface area contributed by atoms with Gasteiger partial charge in [0.2, 0.25) is 11.9 Å². The summed E-state index contributed by atoms with van der Waals surface area (Å²) < 4.78 is 0. The number of nitro groups is 1. The Bertz CT molecular complexity index is 1240. The SMILES string of the molecule is Nc1nc2c(c(=O)[nH]1)C(c1ccc([N+](=O)[O-])cc1)C(NC(=O)c1ccccc1)C(=O)N2. The van der Waals surface area contributed by atoms with E-state index in [-0.39, 0.29) is 23.0 Å². The summed E-state index contributed by atoms with van der Waals surface area (Å²) >= 11 is 0. The number of nitrogen functional groups attached to an aromatic ring is 1. The van der Waals surface area contributed by atoms with Crippen LogP contribution in [-0.2, 0) is 4.79 Å². The molecule has 5 N–H and O–H groups in total. The minimum Gasteiger partial charge on any atom is -0.369 e. The van der Waals surface area contributed by atoms with Crippen LogP contribution in [0.15, 0.2) is 59.4 Å². The number of aromatic amines is 1. The lowest BCUT2D eigenvalue weighted by atomic mass is 9.82. The summed E-state index contributed by atoms with van der Waals surface area (Å²) in [7, 11) is 0. The predicted octanol–water partition coefficient (Wildman–Crippen LogP) is 1.14. The number of nitrogens with two attached hydrogens (primary N) is 1. The monoisotopic (exact) mass is 420 g/mol. The molecule has 1 aliphatic heterocycles. The van der Waals surface area contributed by atoms with Crippen LogP contribution < -0.4 is 21.9 Å². The van der Waals surface area contributed by atoms with Gasteiger partial charge in [0.15, 0.2) is 0 Å². The van der Waals surface area contributed by atoms with E-state index in [1.54, 1.807) is 30.3 Å². The van der Waals surface area contributed by atoms with Gasteiger partial charge in [0.1, 0.15) is 11.9 Å². The zero-order chi connectivity index (χ0) is 22.1. The smallest absolute Gasteiger partial charge is 0.269 e. The van der Waals surface area contributed by atoms with Crippen LogP contribution in [0.25, 0.3) is 0 Å². The Balaban J connectivity index is 1.82. The largest absolute Gasteiger partial charge is 0.369 e. The molecule has 11 heteroatoms. The van der Waals surface area contributed by atoms with E-state index in [1.165, 1.54) is 24.3 Å². The van der Waals surface area contributed by atoms with Gasteiger partial charge in [-0.1, -0.05) is 30.3 Å². The van der Waals surface area contributed by atoms with Crippen LogP contribution >= 0.6 is 0 Å². The lowest BCUT2D eigenvalue weighted by molar-refractivity contribution is -0.384. The molecule has 3 aromatic rings. The molecule has 11 nitrogen and oxygen atoms in total. The Morgan fingerprint density at radius 1 is 1.10 bits per heavy atom. The Morgan fingerprint density at radius 3 is 2.42 bits per heavy atom. The molecule has 0 saturated heterocycles. The quantitative estimate of drug-likeness (QED) is 0.362. The number of carbonyl (C=O) groups is 2. The van der Waals surface area contributed by atoms with E-state index in [9.17, 15) is 24.5 Å². The molecular formula is C20H16N6O5. The first-order valence-electron chi connectivity index (χ1n) is 9.16. The van der Waals surface area contributed by atoms with Gasteiger partial charge in [0, 0.05) is 23.6 Å². The van der Waals surface area contributed by atoms with Gasteiger partial charge in [-0.15, -0.1) is 0 Å². The second kappa shape index (κ2) is 7.71. The van der Waals surface area contributed by atoms with E-state index in [4.69, 9.17) is 5.73 Å². The number of nitrogens with zero attached hydrogens (tertiary/aromatic N) is 2. The van der Waals surface area contributed by atoms with E-state index in [0.29, 0.717) is 11.1 Å². The molecule has 2 atom stereocenters. The molecule has 1 aromatic heterocycles. The molecule has 0 fully saturated rings. The second-order valence-electron chi connectivity index (χ2n) is 6.85. The number of benzene rings is 2. The van der Waals surface area contributed by atoms with Crippen LogP contribution in [0.3, 0.4) is 0 Å². The van der Waals surface area contributed by atoms with Crippen LogP contribution in [0, 0.1) is 10.1 Å². The first kappa shape index (κ1) is 19.8. The molecule has 2 aromatic carbocycles. The molecule has 1 aliphatic rings. The van der Waals surface area contributed by atoms with E-state index < -0.39 is 34.3 Å². The van der Waals surface area contributed by atoms with Crippen molar-refractivity contribution in [2.45, 2.75) is 12.0 Å². The molecule has 2 amide bonds. The van der Waals surface area contributed by atoms with Crippen molar-refractivity contribution in [2.24, 2.45) is 0 Å². The van der Waals surface area contributed by atoms with Crippen LogP contribution in [0.1, 0.15) is 27.4 Å². The standard InChI is InChI=1S/C20H16N6O5/c21-20-24-16-14(18(28)25-20)13(10-6-8-12(9-7-10)26(30)31)15(19(29)23-16)22-17(27)11-4-2-1-3-5-11/h1-9,13,15H,(H,22,27)(H4,21,23,24,25,28,29). The first-order chi connectivity index (χ1) is 14.8. The summed E-state index contributed by atoms with van der Waals surface area (Å²) in [4.78, 5) is 55.1. The molecule has 2 heterocycles. The summed E-state index contributed by atoms with van der Waals surface area (Å²) in [6, 6.07) is 12.5. The number of hydrogen-bond donors (Lipinski definition) is 4. The number of nitro benzene ring substituents is 1. The third kappa shape index (κ3) is 3.71. The predicted molar refractivity (Wildman–Crippen MR) is 111 cm³/mol. The van der Waals surface area contributed by atoms with Crippen molar-refractivity contribution in [3.63, 3.8) is 0 Å². The first-order valence-corrected chi connectivity index (χ1v) is 9.16. The lowest BCUT2D eigenvalue weighted by Crippen LogP contribution is -2.52. The van der Waals surface area contributed by atoms with E-state index >= 15 is 0 Å². The van der Waals surface area contributed by atoms with Crippen molar-refractivity contribution < 1.29 is 14.5 Å². The molecular weight excluding hydrogens is 404 g/mol. The van der Waals surface area contributed by atoms with Gasteiger partial charge in [-0.25, -0.2) is 0 Å². The number of H-pyrrole nitrogens is 1. The molecule has 0 saturated carbocycles. The van der Waals surface area contributed by atoms with Gasteiger partial charge in [0.25, 0.3) is 17.2 Å². The van der Waals surface area contributed by atoms with E-state index in [0.717, 1.165) is 0 Å². The fourth-order valence-corrected chi connectivity index (χ4v) is 3.52. The minimum atomic E-state index is -1.17. The zero-order valence-electron chi connectivity index (χ0n) is 15.9. The fraction of sp³-hybridized carbons (Fsp3) is 0.100. The molecule has 0 bridgehead atoms. The molecule has 4 rings (SSSR count). The van der Waals surface area contributed by atoms with Crippen LogP contribution in [0.4, 0.5) is 17.5 Å².